The predicted octanol–water partition coefficient (Wildman–Crippen LogP) is 14.5. The van der Waals surface area contributed by atoms with Gasteiger partial charge in [0.2, 0.25) is 0 Å². The summed E-state index contributed by atoms with van der Waals surface area (Å²) in [4.78, 5) is 10.4. The van der Waals surface area contributed by atoms with E-state index in [1.807, 2.05) is 30.5 Å². The number of hydrogen-bond acceptors (Lipinski definition) is 3. The molecule has 0 unspecified atom stereocenters. The number of hydrogen-bond donors (Lipinski definition) is 1. The first-order chi connectivity index (χ1) is 29.8. The molecule has 10 rings (SSSR count). The fourth-order valence-electron chi connectivity index (χ4n) is 9.40. The van der Waals surface area contributed by atoms with Crippen LogP contribution in [-0.2, 0) is 37.3 Å². The van der Waals surface area contributed by atoms with Gasteiger partial charge in [0.05, 0.1) is 16.6 Å². The molecule has 5 heteroatoms. The van der Waals surface area contributed by atoms with Crippen LogP contribution < -0.4 is 0 Å². The van der Waals surface area contributed by atoms with Crippen molar-refractivity contribution in [3.8, 4) is 67.5 Å². The average molecular weight is 1000 g/mol. The van der Waals surface area contributed by atoms with Gasteiger partial charge in [0.15, 0.2) is 0 Å². The quantitative estimate of drug-likeness (QED) is 0.162. The first-order valence-corrected chi connectivity index (χ1v) is 21.5. The Morgan fingerprint density at radius 1 is 0.556 bits per heavy atom. The number of rotatable bonds is 7. The number of aromatic nitrogens is 3. The Hall–Kier alpha value is -6.35. The van der Waals surface area contributed by atoms with E-state index in [0.29, 0.717) is 11.4 Å². The topological polar surface area (TPSA) is 50.9 Å². The van der Waals surface area contributed by atoms with E-state index in [9.17, 15) is 5.11 Å². The smallest absolute Gasteiger partial charge is 0.148 e. The van der Waals surface area contributed by atoms with E-state index in [1.165, 1.54) is 27.8 Å². The maximum absolute atomic E-state index is 11.9. The zero-order valence-electron chi connectivity index (χ0n) is 36.8. The van der Waals surface area contributed by atoms with Crippen LogP contribution in [0.25, 0.3) is 72.7 Å². The molecule has 0 saturated heterocycles. The van der Waals surface area contributed by atoms with Gasteiger partial charge in [0.25, 0.3) is 0 Å². The van der Waals surface area contributed by atoms with Crippen molar-refractivity contribution in [2.75, 3.05) is 0 Å². The second kappa shape index (κ2) is 15.8. The number of imidazole rings is 1. The Labute approximate surface area is 385 Å². The van der Waals surface area contributed by atoms with Crippen LogP contribution in [0.3, 0.4) is 0 Å². The largest absolute Gasteiger partial charge is 0.507 e. The third-order valence-corrected chi connectivity index (χ3v) is 13.1. The maximum Gasteiger partial charge on any atom is 0.148 e. The van der Waals surface area contributed by atoms with E-state index in [4.69, 9.17) is 9.97 Å². The average Bonchev–Trinajstić information content (AvgIpc) is 3.78. The van der Waals surface area contributed by atoms with Gasteiger partial charge in [0.1, 0.15) is 11.6 Å². The number of fused-ring (bicyclic) bond motifs is 4. The third-order valence-electron chi connectivity index (χ3n) is 13.1. The molecule has 63 heavy (non-hydrogen) atoms. The van der Waals surface area contributed by atoms with E-state index in [2.05, 4.69) is 199 Å². The number of phenols is 1. The molecule has 0 aliphatic heterocycles. The van der Waals surface area contributed by atoms with Crippen LogP contribution in [0.5, 0.6) is 5.75 Å². The monoisotopic (exact) mass is 999 g/mol. The summed E-state index contributed by atoms with van der Waals surface area (Å²) in [6.07, 6.45) is 1.90. The molecule has 1 aliphatic rings. The molecule has 2 heterocycles. The second-order valence-corrected chi connectivity index (χ2v) is 18.8. The molecule has 0 saturated carbocycles. The molecule has 2 aromatic heterocycles. The predicted molar refractivity (Wildman–Crippen MR) is 256 cm³/mol. The van der Waals surface area contributed by atoms with E-state index < -0.39 is 0 Å². The number of phenolic OH excluding ortho intramolecular Hbond substituents is 1. The van der Waals surface area contributed by atoms with Crippen molar-refractivity contribution in [2.45, 2.75) is 64.7 Å². The Kier molecular flexibility index (Phi) is 10.5. The molecule has 0 atom stereocenters. The van der Waals surface area contributed by atoms with Crippen molar-refractivity contribution < 1.29 is 26.2 Å². The van der Waals surface area contributed by atoms with Gasteiger partial charge >= 0.3 is 0 Å². The standard InChI is InChI=1S/C58H50N3O.Pt/c1-56(2,3)43-32-39(31-40(33-43)51-34-38(29-30-59-51)37-25-27-42(28-26-37)57(4,5)41-17-10-8-11-18-41)45-22-16-24-52-54(45)60-55(61(52)44-19-12-9-13-20-44)48-35-47-46-21-14-15-23-49(46)58(6,7)50(47)36-53(48)62;/h8-30,32-36,62H,1-7H3;/q-1;. The Morgan fingerprint density at radius 2 is 1.21 bits per heavy atom. The summed E-state index contributed by atoms with van der Waals surface area (Å²) < 4.78 is 2.18. The Balaban J connectivity index is 0.00000504. The molecule has 4 nitrogen and oxygen atoms in total. The first kappa shape index (κ1) is 42.0. The summed E-state index contributed by atoms with van der Waals surface area (Å²) in [7, 11) is 0. The summed E-state index contributed by atoms with van der Waals surface area (Å²) in [5, 5.41) is 11.9. The summed E-state index contributed by atoms with van der Waals surface area (Å²) >= 11 is 0. The molecule has 0 amide bonds. The van der Waals surface area contributed by atoms with Crippen molar-refractivity contribution in [2.24, 2.45) is 0 Å². The number of pyridine rings is 1. The molecule has 0 fully saturated rings. The molecule has 0 spiro atoms. The van der Waals surface area contributed by atoms with Crippen molar-refractivity contribution in [3.05, 3.63) is 204 Å². The SMILES string of the molecule is CC(C)(C)c1cc(-c2cc(-c3ccc(C(C)(C)c4ccccc4)cc3)ccn2)[c-]c(-c2cccc3c2nc(-c2cc4c(cc2O)C(C)(C)c2ccccc2-4)n3-c2ccccc2)c1.[Pt]. The molecule has 9 aromatic rings. The van der Waals surface area contributed by atoms with Gasteiger partial charge in [-0.1, -0.05) is 175 Å². The minimum absolute atomic E-state index is 0. The molecular weight excluding hydrogens is 950 g/mol. The fraction of sp³-hybridized carbons (Fsp3) is 0.172. The van der Waals surface area contributed by atoms with Crippen LogP contribution in [0, 0.1) is 6.07 Å². The summed E-state index contributed by atoms with van der Waals surface area (Å²) in [5.41, 5.74) is 17.3. The van der Waals surface area contributed by atoms with Crippen LogP contribution in [0.4, 0.5) is 0 Å². The number of aromatic hydroxyl groups is 1. The third kappa shape index (κ3) is 7.25. The van der Waals surface area contributed by atoms with E-state index in [1.54, 1.807) is 0 Å². The summed E-state index contributed by atoms with van der Waals surface area (Å²) in [5.74, 6) is 0.892. The summed E-state index contributed by atoms with van der Waals surface area (Å²) in [6, 6.07) is 61.5. The number of benzene rings is 7. The fourth-order valence-corrected chi connectivity index (χ4v) is 9.40. The Bertz CT molecular complexity index is 3160. The van der Waals surface area contributed by atoms with Crippen LogP contribution in [0.2, 0.25) is 0 Å². The summed E-state index contributed by atoms with van der Waals surface area (Å²) in [6.45, 7) is 15.8. The van der Waals surface area contributed by atoms with Gasteiger partial charge in [-0.15, -0.1) is 29.3 Å². The van der Waals surface area contributed by atoms with Crippen LogP contribution in [0.1, 0.15) is 76.3 Å². The Morgan fingerprint density at radius 3 is 1.94 bits per heavy atom. The van der Waals surface area contributed by atoms with Crippen LogP contribution in [0.15, 0.2) is 170 Å². The van der Waals surface area contributed by atoms with Gasteiger partial charge in [0, 0.05) is 49.5 Å². The van der Waals surface area contributed by atoms with Gasteiger partial charge < -0.3 is 5.11 Å². The maximum atomic E-state index is 11.9. The van der Waals surface area contributed by atoms with Gasteiger partial charge in [-0.2, -0.15) is 0 Å². The number of para-hydroxylation sites is 2. The van der Waals surface area contributed by atoms with Crippen molar-refractivity contribution in [3.63, 3.8) is 0 Å². The normalized spacial score (nSPS) is 13.1. The van der Waals surface area contributed by atoms with Gasteiger partial charge in [-0.25, -0.2) is 4.98 Å². The molecule has 0 radical (unpaired) electrons. The number of nitrogens with zero attached hydrogens (tertiary/aromatic N) is 3. The zero-order valence-corrected chi connectivity index (χ0v) is 39.0. The molecule has 314 valence electrons. The molecular formula is C58H50N3OPt-. The molecule has 7 aromatic carbocycles. The van der Waals surface area contributed by atoms with Gasteiger partial charge in [-0.3, -0.25) is 9.55 Å². The minimum atomic E-state index is -0.237. The second-order valence-electron chi connectivity index (χ2n) is 18.8. The van der Waals surface area contributed by atoms with E-state index >= 15 is 0 Å². The minimum Gasteiger partial charge on any atom is -0.507 e. The van der Waals surface area contributed by atoms with E-state index in [0.717, 1.165) is 61.4 Å². The molecule has 0 bridgehead atoms. The zero-order chi connectivity index (χ0) is 43.0. The van der Waals surface area contributed by atoms with Crippen LogP contribution in [-0.4, -0.2) is 19.6 Å². The first-order valence-electron chi connectivity index (χ1n) is 21.5. The molecule has 1 aliphatic carbocycles. The molecule has 1 N–H and O–H groups in total. The van der Waals surface area contributed by atoms with Crippen LogP contribution >= 0.6 is 0 Å². The van der Waals surface area contributed by atoms with Crippen molar-refractivity contribution in [1.82, 2.24) is 14.5 Å². The van der Waals surface area contributed by atoms with Crippen molar-refractivity contribution >= 4 is 11.0 Å². The van der Waals surface area contributed by atoms with Gasteiger partial charge in [-0.05, 0) is 86.3 Å². The van der Waals surface area contributed by atoms with E-state index in [-0.39, 0.29) is 43.1 Å². The van der Waals surface area contributed by atoms with Crippen molar-refractivity contribution in [1.29, 1.82) is 0 Å².